The topological polar surface area (TPSA) is 24.1 Å². The predicted octanol–water partition coefficient (Wildman–Crippen LogP) is 5.29. The van der Waals surface area contributed by atoms with Gasteiger partial charge in [0, 0.05) is 17.3 Å². The van der Waals surface area contributed by atoms with E-state index >= 15 is 0 Å². The monoisotopic (exact) mass is 340 g/mol. The first-order chi connectivity index (χ1) is 11.1. The number of benzene rings is 3. The molecule has 0 heterocycles. The molecule has 0 atom stereocenters. The van der Waals surface area contributed by atoms with E-state index in [1.54, 1.807) is 0 Å². The normalized spacial score (nSPS) is 10.5. The molecule has 0 radical (unpaired) electrons. The minimum Gasteiger partial charge on any atom is -0.358 e. The van der Waals surface area contributed by atoms with Crippen LogP contribution in [0.4, 0.5) is 5.69 Å². The largest absolute Gasteiger partial charge is 0.358 e. The molecular weight excluding hydrogens is 324 g/mol. The van der Waals surface area contributed by atoms with Gasteiger partial charge in [-0.1, -0.05) is 60.1 Å². The summed E-state index contributed by atoms with van der Waals surface area (Å²) in [6, 6.07) is 20.4. The molecular formula is C19H17ClN2S. The standard InChI is InChI=1S/C19H17ClN2S/c1-13-17(20)10-5-11-18(13)22-19(23)21-12-15-8-4-7-14-6-2-3-9-16(14)15/h2-11H,12H2,1H3,(H2,21,22,23). The fourth-order valence-corrected chi connectivity index (χ4v) is 2.89. The van der Waals surface area contributed by atoms with E-state index < -0.39 is 0 Å². The Kier molecular flexibility index (Phi) is 4.79. The van der Waals surface area contributed by atoms with Crippen molar-refractivity contribution < 1.29 is 0 Å². The SMILES string of the molecule is Cc1c(Cl)cccc1NC(=S)NCc1cccc2ccccc12. The van der Waals surface area contributed by atoms with Crippen molar-refractivity contribution >= 4 is 45.4 Å². The van der Waals surface area contributed by atoms with E-state index in [2.05, 4.69) is 47.0 Å². The highest BCUT2D eigenvalue weighted by Crippen LogP contribution is 2.23. The summed E-state index contributed by atoms with van der Waals surface area (Å²) >= 11 is 11.5. The molecule has 2 N–H and O–H groups in total. The van der Waals surface area contributed by atoms with Crippen molar-refractivity contribution in [2.24, 2.45) is 0 Å². The molecule has 3 rings (SSSR count). The molecule has 0 bridgehead atoms. The molecule has 0 saturated heterocycles. The van der Waals surface area contributed by atoms with E-state index in [4.69, 9.17) is 23.8 Å². The van der Waals surface area contributed by atoms with Gasteiger partial charge in [-0.25, -0.2) is 0 Å². The molecule has 0 aromatic heterocycles. The summed E-state index contributed by atoms with van der Waals surface area (Å²) in [7, 11) is 0. The Hall–Kier alpha value is -2.10. The van der Waals surface area contributed by atoms with Crippen LogP contribution < -0.4 is 10.6 Å². The summed E-state index contributed by atoms with van der Waals surface area (Å²) in [5, 5.41) is 10.3. The van der Waals surface area contributed by atoms with Crippen LogP contribution in [-0.4, -0.2) is 5.11 Å². The lowest BCUT2D eigenvalue weighted by molar-refractivity contribution is 0.934. The number of thiocarbonyl (C=S) groups is 1. The predicted molar refractivity (Wildman–Crippen MR) is 103 cm³/mol. The van der Waals surface area contributed by atoms with Crippen LogP contribution in [0.2, 0.25) is 5.02 Å². The van der Waals surface area contributed by atoms with Gasteiger partial charge >= 0.3 is 0 Å². The van der Waals surface area contributed by atoms with Crippen molar-refractivity contribution in [3.05, 3.63) is 76.8 Å². The van der Waals surface area contributed by atoms with E-state index in [0.717, 1.165) is 16.3 Å². The van der Waals surface area contributed by atoms with Crippen LogP contribution in [0.15, 0.2) is 60.7 Å². The Morgan fingerprint density at radius 2 is 1.74 bits per heavy atom. The fraction of sp³-hybridized carbons (Fsp3) is 0.105. The quantitative estimate of drug-likeness (QED) is 0.633. The van der Waals surface area contributed by atoms with Crippen LogP contribution in [-0.2, 0) is 6.54 Å². The highest BCUT2D eigenvalue weighted by Gasteiger charge is 2.05. The van der Waals surface area contributed by atoms with Gasteiger partial charge < -0.3 is 10.6 Å². The summed E-state index contributed by atoms with van der Waals surface area (Å²) in [6.07, 6.45) is 0. The third-order valence-electron chi connectivity index (χ3n) is 3.84. The van der Waals surface area contributed by atoms with Crippen molar-refractivity contribution in [2.75, 3.05) is 5.32 Å². The summed E-state index contributed by atoms with van der Waals surface area (Å²) in [5.41, 5.74) is 3.13. The first-order valence-corrected chi connectivity index (χ1v) is 8.20. The van der Waals surface area contributed by atoms with Gasteiger partial charge in [0.05, 0.1) is 0 Å². The maximum absolute atomic E-state index is 6.13. The van der Waals surface area contributed by atoms with Gasteiger partial charge in [0.2, 0.25) is 0 Å². The maximum atomic E-state index is 6.13. The van der Waals surface area contributed by atoms with E-state index in [9.17, 15) is 0 Å². The van der Waals surface area contributed by atoms with Crippen molar-refractivity contribution in [1.29, 1.82) is 0 Å². The van der Waals surface area contributed by atoms with Crippen LogP contribution in [0.1, 0.15) is 11.1 Å². The average molecular weight is 341 g/mol. The molecule has 0 spiro atoms. The summed E-state index contributed by atoms with van der Waals surface area (Å²) in [5.74, 6) is 0. The van der Waals surface area contributed by atoms with Gasteiger partial charge in [-0.15, -0.1) is 0 Å². The van der Waals surface area contributed by atoms with E-state index in [-0.39, 0.29) is 0 Å². The van der Waals surface area contributed by atoms with Gasteiger partial charge in [-0.3, -0.25) is 0 Å². The average Bonchev–Trinajstić information content (AvgIpc) is 2.57. The Balaban J connectivity index is 1.70. The van der Waals surface area contributed by atoms with E-state index in [1.807, 2.05) is 31.2 Å². The lowest BCUT2D eigenvalue weighted by Gasteiger charge is -2.14. The first-order valence-electron chi connectivity index (χ1n) is 7.42. The molecule has 116 valence electrons. The number of halogens is 1. The molecule has 0 aliphatic carbocycles. The second-order valence-electron chi connectivity index (χ2n) is 5.36. The van der Waals surface area contributed by atoms with Crippen LogP contribution in [0.5, 0.6) is 0 Å². The Labute approximate surface area is 146 Å². The molecule has 3 aromatic rings. The fourth-order valence-electron chi connectivity index (χ4n) is 2.53. The third-order valence-corrected chi connectivity index (χ3v) is 4.49. The number of anilines is 1. The van der Waals surface area contributed by atoms with Gasteiger partial charge in [-0.2, -0.15) is 0 Å². The molecule has 0 aliphatic rings. The Morgan fingerprint density at radius 1 is 1.00 bits per heavy atom. The minimum absolute atomic E-state index is 0.586. The summed E-state index contributed by atoms with van der Waals surface area (Å²) < 4.78 is 0. The lowest BCUT2D eigenvalue weighted by atomic mass is 10.0. The van der Waals surface area contributed by atoms with Crippen molar-refractivity contribution in [3.8, 4) is 0 Å². The maximum Gasteiger partial charge on any atom is 0.171 e. The molecule has 0 saturated carbocycles. The number of rotatable bonds is 3. The van der Waals surface area contributed by atoms with Crippen LogP contribution in [0.3, 0.4) is 0 Å². The van der Waals surface area contributed by atoms with Gasteiger partial charge in [-0.05, 0) is 53.2 Å². The first kappa shape index (κ1) is 15.8. The van der Waals surface area contributed by atoms with Crippen molar-refractivity contribution in [2.45, 2.75) is 13.5 Å². The molecule has 4 heteroatoms. The highest BCUT2D eigenvalue weighted by atomic mass is 35.5. The second kappa shape index (κ2) is 6.99. The van der Waals surface area contributed by atoms with Crippen LogP contribution in [0, 0.1) is 6.92 Å². The van der Waals surface area contributed by atoms with Gasteiger partial charge in [0.15, 0.2) is 5.11 Å². The lowest BCUT2D eigenvalue weighted by Crippen LogP contribution is -2.28. The summed E-state index contributed by atoms with van der Waals surface area (Å²) in [6.45, 7) is 2.64. The Morgan fingerprint density at radius 3 is 2.61 bits per heavy atom. The smallest absolute Gasteiger partial charge is 0.171 e. The zero-order valence-corrected chi connectivity index (χ0v) is 14.3. The molecule has 0 aliphatic heterocycles. The number of hydrogen-bond donors (Lipinski definition) is 2. The van der Waals surface area contributed by atoms with E-state index in [0.29, 0.717) is 11.7 Å². The number of fused-ring (bicyclic) bond motifs is 1. The van der Waals surface area contributed by atoms with Gasteiger partial charge in [0.25, 0.3) is 0 Å². The molecule has 3 aromatic carbocycles. The van der Waals surface area contributed by atoms with Crippen LogP contribution >= 0.6 is 23.8 Å². The third kappa shape index (κ3) is 3.63. The van der Waals surface area contributed by atoms with E-state index in [1.165, 1.54) is 16.3 Å². The zero-order valence-electron chi connectivity index (χ0n) is 12.8. The molecule has 0 unspecified atom stereocenters. The minimum atomic E-state index is 0.586. The Bertz CT molecular complexity index is 856. The number of hydrogen-bond acceptors (Lipinski definition) is 1. The molecule has 0 amide bonds. The van der Waals surface area contributed by atoms with Crippen LogP contribution in [0.25, 0.3) is 10.8 Å². The van der Waals surface area contributed by atoms with Crippen molar-refractivity contribution in [1.82, 2.24) is 5.32 Å². The molecule has 23 heavy (non-hydrogen) atoms. The molecule has 0 fully saturated rings. The zero-order chi connectivity index (χ0) is 16.2. The highest BCUT2D eigenvalue weighted by molar-refractivity contribution is 7.80. The van der Waals surface area contributed by atoms with Crippen molar-refractivity contribution in [3.63, 3.8) is 0 Å². The molecule has 2 nitrogen and oxygen atoms in total. The second-order valence-corrected chi connectivity index (χ2v) is 6.17. The summed E-state index contributed by atoms with van der Waals surface area (Å²) in [4.78, 5) is 0. The van der Waals surface area contributed by atoms with Gasteiger partial charge in [0.1, 0.15) is 0 Å². The number of nitrogens with one attached hydrogen (secondary N) is 2.